The average molecular weight is 174 g/mol. The van der Waals surface area contributed by atoms with Gasteiger partial charge < -0.3 is 14.6 Å². The fraction of sp³-hybridized carbons (Fsp3) is 0.750. The van der Waals surface area contributed by atoms with Gasteiger partial charge in [-0.3, -0.25) is 4.79 Å². The average Bonchev–Trinajstić information content (AvgIpc) is 1.98. The lowest BCUT2D eigenvalue weighted by Gasteiger charge is -2.15. The second-order valence-corrected chi connectivity index (χ2v) is 2.78. The molecular weight excluding hydrogens is 160 g/mol. The van der Waals surface area contributed by atoms with Gasteiger partial charge >= 0.3 is 5.97 Å². The minimum atomic E-state index is -0.846. The van der Waals surface area contributed by atoms with Gasteiger partial charge in [-0.15, -0.1) is 0 Å². The molecule has 0 heterocycles. The first-order valence-corrected chi connectivity index (χ1v) is 3.74. The molecule has 0 amide bonds. The second kappa shape index (κ2) is 4.87. The molecule has 4 nitrogen and oxygen atoms in total. The van der Waals surface area contributed by atoms with Crippen LogP contribution in [0.4, 0.5) is 0 Å². The van der Waals surface area contributed by atoms with Gasteiger partial charge in [0.1, 0.15) is 5.78 Å². The molecule has 0 spiro atoms. The van der Waals surface area contributed by atoms with E-state index in [2.05, 4.69) is 4.74 Å². The molecule has 2 unspecified atom stereocenters. The second-order valence-electron chi connectivity index (χ2n) is 2.78. The SMILES string of the molecule is COC(=O)C(CC(C)=O)C(C)O. The third-order valence-electron chi connectivity index (χ3n) is 1.59. The molecule has 0 saturated heterocycles. The predicted octanol–water partition coefficient (Wildman–Crippen LogP) is 0.135. The Morgan fingerprint density at radius 1 is 1.50 bits per heavy atom. The molecule has 0 aromatic heterocycles. The van der Waals surface area contributed by atoms with Crippen LogP contribution in [0.2, 0.25) is 0 Å². The summed E-state index contributed by atoms with van der Waals surface area (Å²) < 4.78 is 4.42. The van der Waals surface area contributed by atoms with Gasteiger partial charge in [0.05, 0.1) is 19.1 Å². The topological polar surface area (TPSA) is 63.6 Å². The van der Waals surface area contributed by atoms with Crippen LogP contribution in [-0.2, 0) is 14.3 Å². The van der Waals surface area contributed by atoms with Crippen molar-refractivity contribution < 1.29 is 19.4 Å². The maximum absolute atomic E-state index is 11.0. The lowest BCUT2D eigenvalue weighted by Crippen LogP contribution is -2.28. The summed E-state index contributed by atoms with van der Waals surface area (Å²) >= 11 is 0. The zero-order valence-electron chi connectivity index (χ0n) is 7.53. The minimum Gasteiger partial charge on any atom is -0.469 e. The third-order valence-corrected chi connectivity index (χ3v) is 1.59. The number of rotatable bonds is 4. The van der Waals surface area contributed by atoms with Crippen LogP contribution in [0.25, 0.3) is 0 Å². The minimum absolute atomic E-state index is 0.0321. The maximum atomic E-state index is 11.0. The third kappa shape index (κ3) is 3.48. The van der Waals surface area contributed by atoms with Crippen LogP contribution in [0.3, 0.4) is 0 Å². The molecule has 0 aliphatic rings. The summed E-state index contributed by atoms with van der Waals surface area (Å²) in [6.45, 7) is 2.84. The van der Waals surface area contributed by atoms with Crippen molar-refractivity contribution in [2.45, 2.75) is 26.4 Å². The van der Waals surface area contributed by atoms with Gasteiger partial charge in [-0.1, -0.05) is 0 Å². The molecule has 0 saturated carbocycles. The van der Waals surface area contributed by atoms with Crippen molar-refractivity contribution in [3.05, 3.63) is 0 Å². The number of ether oxygens (including phenoxy) is 1. The first-order valence-electron chi connectivity index (χ1n) is 3.74. The van der Waals surface area contributed by atoms with E-state index in [1.165, 1.54) is 21.0 Å². The van der Waals surface area contributed by atoms with Gasteiger partial charge in [0.25, 0.3) is 0 Å². The van der Waals surface area contributed by atoms with Crippen LogP contribution in [0.15, 0.2) is 0 Å². The summed E-state index contributed by atoms with van der Waals surface area (Å²) in [5.41, 5.74) is 0. The smallest absolute Gasteiger partial charge is 0.311 e. The lowest BCUT2D eigenvalue weighted by atomic mass is 9.98. The highest BCUT2D eigenvalue weighted by molar-refractivity contribution is 5.83. The molecule has 0 aliphatic carbocycles. The van der Waals surface area contributed by atoms with Gasteiger partial charge in [-0.2, -0.15) is 0 Å². The molecular formula is C8H14O4. The van der Waals surface area contributed by atoms with E-state index >= 15 is 0 Å². The van der Waals surface area contributed by atoms with E-state index in [0.717, 1.165) is 0 Å². The van der Waals surface area contributed by atoms with E-state index in [9.17, 15) is 9.59 Å². The van der Waals surface area contributed by atoms with Crippen LogP contribution in [0.5, 0.6) is 0 Å². The number of esters is 1. The summed E-state index contributed by atoms with van der Waals surface area (Å²) in [4.78, 5) is 21.6. The molecule has 0 rings (SSSR count). The van der Waals surface area contributed by atoms with E-state index in [-0.39, 0.29) is 12.2 Å². The van der Waals surface area contributed by atoms with Crippen molar-refractivity contribution >= 4 is 11.8 Å². The Bertz CT molecular complexity index is 174. The Morgan fingerprint density at radius 2 is 2.00 bits per heavy atom. The predicted molar refractivity (Wildman–Crippen MR) is 42.5 cm³/mol. The maximum Gasteiger partial charge on any atom is 0.311 e. The number of hydrogen-bond acceptors (Lipinski definition) is 4. The zero-order valence-corrected chi connectivity index (χ0v) is 7.53. The normalized spacial score (nSPS) is 15.0. The van der Waals surface area contributed by atoms with E-state index in [1.54, 1.807) is 0 Å². The summed E-state index contributed by atoms with van der Waals surface area (Å²) in [7, 11) is 1.23. The summed E-state index contributed by atoms with van der Waals surface area (Å²) in [5.74, 6) is -1.40. The molecule has 0 radical (unpaired) electrons. The monoisotopic (exact) mass is 174 g/mol. The molecule has 12 heavy (non-hydrogen) atoms. The Balaban J connectivity index is 4.23. The van der Waals surface area contributed by atoms with Gasteiger partial charge in [-0.25, -0.2) is 0 Å². The molecule has 0 aromatic rings. The fourth-order valence-electron chi connectivity index (χ4n) is 0.912. The Morgan fingerprint density at radius 3 is 2.25 bits per heavy atom. The Hall–Kier alpha value is -0.900. The first-order chi connectivity index (χ1) is 5.49. The Labute approximate surface area is 71.5 Å². The van der Waals surface area contributed by atoms with E-state index < -0.39 is 18.0 Å². The molecule has 0 fully saturated rings. The zero-order chi connectivity index (χ0) is 9.72. The number of ketones is 1. The van der Waals surface area contributed by atoms with E-state index in [1.807, 2.05) is 0 Å². The van der Waals surface area contributed by atoms with Crippen LogP contribution in [-0.4, -0.2) is 30.1 Å². The lowest BCUT2D eigenvalue weighted by molar-refractivity contribution is -0.150. The fourth-order valence-corrected chi connectivity index (χ4v) is 0.912. The van der Waals surface area contributed by atoms with Crippen LogP contribution < -0.4 is 0 Å². The van der Waals surface area contributed by atoms with Crippen molar-refractivity contribution in [3.63, 3.8) is 0 Å². The number of carbonyl (C=O) groups excluding carboxylic acids is 2. The highest BCUT2D eigenvalue weighted by atomic mass is 16.5. The highest BCUT2D eigenvalue weighted by Gasteiger charge is 2.25. The highest BCUT2D eigenvalue weighted by Crippen LogP contribution is 2.11. The number of methoxy groups -OCH3 is 1. The van der Waals surface area contributed by atoms with E-state index in [0.29, 0.717) is 0 Å². The van der Waals surface area contributed by atoms with Crippen molar-refractivity contribution in [3.8, 4) is 0 Å². The largest absolute Gasteiger partial charge is 0.469 e. The molecule has 4 heteroatoms. The van der Waals surface area contributed by atoms with Gasteiger partial charge in [0.2, 0.25) is 0 Å². The van der Waals surface area contributed by atoms with E-state index in [4.69, 9.17) is 5.11 Å². The van der Waals surface area contributed by atoms with Crippen LogP contribution in [0.1, 0.15) is 20.3 Å². The van der Waals surface area contributed by atoms with Crippen molar-refractivity contribution in [1.82, 2.24) is 0 Å². The molecule has 70 valence electrons. The quantitative estimate of drug-likeness (QED) is 0.615. The molecule has 0 aliphatic heterocycles. The molecule has 2 atom stereocenters. The van der Waals surface area contributed by atoms with Crippen molar-refractivity contribution in [1.29, 1.82) is 0 Å². The Kier molecular flexibility index (Phi) is 4.51. The first kappa shape index (κ1) is 11.1. The molecule has 0 aromatic carbocycles. The number of aliphatic hydroxyl groups excluding tert-OH is 1. The number of Topliss-reactive ketones (excluding diaryl/α,β-unsaturated/α-hetero) is 1. The van der Waals surface area contributed by atoms with Crippen LogP contribution >= 0.6 is 0 Å². The standard InChI is InChI=1S/C8H14O4/c1-5(9)4-7(6(2)10)8(11)12-3/h6-7,10H,4H2,1-3H3. The van der Waals surface area contributed by atoms with Gasteiger partial charge in [0, 0.05) is 6.42 Å². The molecule has 0 bridgehead atoms. The number of carbonyl (C=O) groups is 2. The number of hydrogen-bond donors (Lipinski definition) is 1. The summed E-state index contributed by atoms with van der Waals surface area (Å²) in [5, 5.41) is 9.11. The van der Waals surface area contributed by atoms with Crippen molar-refractivity contribution in [2.24, 2.45) is 5.92 Å². The van der Waals surface area contributed by atoms with Gasteiger partial charge in [-0.05, 0) is 13.8 Å². The summed E-state index contributed by atoms with van der Waals surface area (Å²) in [6.07, 6.45) is -0.814. The van der Waals surface area contributed by atoms with Crippen molar-refractivity contribution in [2.75, 3.05) is 7.11 Å². The molecule has 1 N–H and O–H groups in total. The van der Waals surface area contributed by atoms with Gasteiger partial charge in [0.15, 0.2) is 0 Å². The summed E-state index contributed by atoms with van der Waals surface area (Å²) in [6, 6.07) is 0. The van der Waals surface area contributed by atoms with Crippen LogP contribution in [0, 0.1) is 5.92 Å². The number of aliphatic hydroxyl groups is 1.